The fourth-order valence-corrected chi connectivity index (χ4v) is 4.69. The molecule has 8 heteroatoms. The van der Waals surface area contributed by atoms with Gasteiger partial charge in [-0.05, 0) is 67.8 Å². The van der Waals surface area contributed by atoms with E-state index in [4.69, 9.17) is 16.3 Å². The fraction of sp³-hybridized carbons (Fsp3) is 0.208. The molecule has 0 aromatic heterocycles. The monoisotopic (exact) mass is 472 g/mol. The highest BCUT2D eigenvalue weighted by atomic mass is 35.5. The van der Waals surface area contributed by atoms with E-state index in [1.807, 2.05) is 38.1 Å². The lowest BCUT2D eigenvalue weighted by atomic mass is 10.1. The van der Waals surface area contributed by atoms with Crippen LogP contribution in [0.25, 0.3) is 0 Å². The Morgan fingerprint density at radius 3 is 2.47 bits per heavy atom. The summed E-state index contributed by atoms with van der Waals surface area (Å²) in [5.41, 5.74) is 3.50. The Morgan fingerprint density at radius 1 is 0.969 bits per heavy atom. The smallest absolute Gasteiger partial charge is 0.263 e. The molecule has 0 fully saturated rings. The average Bonchev–Trinajstić information content (AvgIpc) is 2.75. The topological polar surface area (TPSA) is 84.5 Å². The Kier molecular flexibility index (Phi) is 7.43. The second-order valence-electron chi connectivity index (χ2n) is 7.44. The predicted molar refractivity (Wildman–Crippen MR) is 127 cm³/mol. The Balaban J connectivity index is 1.67. The molecule has 0 aliphatic rings. The van der Waals surface area contributed by atoms with Gasteiger partial charge in [-0.2, -0.15) is 0 Å². The van der Waals surface area contributed by atoms with Gasteiger partial charge >= 0.3 is 0 Å². The standard InChI is InChI=1S/C24H25ClN2O4S/c1-16-8-9-18(3)22(14-16)31-13-12-26-24(28)19-10-11-20(25)23(15-19)32(29,30)27-21-7-5-4-6-17(21)2/h4-11,14-15,27H,12-13H2,1-3H3,(H,26,28). The molecule has 0 bridgehead atoms. The Hall–Kier alpha value is -3.03. The van der Waals surface area contributed by atoms with E-state index >= 15 is 0 Å². The number of aryl methyl sites for hydroxylation is 3. The number of carbonyl (C=O) groups is 1. The minimum atomic E-state index is -3.98. The number of nitrogens with one attached hydrogen (secondary N) is 2. The molecule has 32 heavy (non-hydrogen) atoms. The van der Waals surface area contributed by atoms with Crippen molar-refractivity contribution in [1.29, 1.82) is 0 Å². The van der Waals surface area contributed by atoms with Crippen molar-refractivity contribution in [3.8, 4) is 5.75 Å². The van der Waals surface area contributed by atoms with Crippen molar-refractivity contribution in [2.45, 2.75) is 25.7 Å². The number of ether oxygens (including phenoxy) is 1. The van der Waals surface area contributed by atoms with Gasteiger partial charge in [0.25, 0.3) is 15.9 Å². The van der Waals surface area contributed by atoms with Crippen LogP contribution in [-0.2, 0) is 10.0 Å². The largest absolute Gasteiger partial charge is 0.491 e. The van der Waals surface area contributed by atoms with E-state index in [1.165, 1.54) is 18.2 Å². The summed E-state index contributed by atoms with van der Waals surface area (Å²) in [6.45, 7) is 6.27. The van der Waals surface area contributed by atoms with Gasteiger partial charge in [0, 0.05) is 5.56 Å². The van der Waals surface area contributed by atoms with E-state index in [1.54, 1.807) is 25.1 Å². The average molecular weight is 473 g/mol. The summed E-state index contributed by atoms with van der Waals surface area (Å²) in [7, 11) is -3.98. The van der Waals surface area contributed by atoms with Crippen LogP contribution in [-0.4, -0.2) is 27.5 Å². The zero-order chi connectivity index (χ0) is 23.3. The molecule has 0 atom stereocenters. The maximum absolute atomic E-state index is 12.9. The molecule has 0 unspecified atom stereocenters. The highest BCUT2D eigenvalue weighted by molar-refractivity contribution is 7.92. The number of anilines is 1. The van der Waals surface area contributed by atoms with Crippen molar-refractivity contribution in [3.05, 3.63) is 87.9 Å². The minimum Gasteiger partial charge on any atom is -0.491 e. The van der Waals surface area contributed by atoms with Gasteiger partial charge in [0.15, 0.2) is 0 Å². The quantitative estimate of drug-likeness (QED) is 0.458. The minimum absolute atomic E-state index is 0.0286. The van der Waals surface area contributed by atoms with Crippen LogP contribution in [0.1, 0.15) is 27.0 Å². The summed E-state index contributed by atoms with van der Waals surface area (Å²) in [6, 6.07) is 17.1. The lowest BCUT2D eigenvalue weighted by Gasteiger charge is -2.13. The lowest BCUT2D eigenvalue weighted by Crippen LogP contribution is -2.28. The first kappa shape index (κ1) is 23.6. The molecular formula is C24H25ClN2O4S. The Labute approximate surface area is 193 Å². The van der Waals surface area contributed by atoms with Crippen LogP contribution in [0.15, 0.2) is 65.6 Å². The summed E-state index contributed by atoms with van der Waals surface area (Å²) in [6.07, 6.45) is 0. The van der Waals surface area contributed by atoms with E-state index in [9.17, 15) is 13.2 Å². The van der Waals surface area contributed by atoms with E-state index in [0.717, 1.165) is 22.4 Å². The zero-order valence-corrected chi connectivity index (χ0v) is 19.7. The van der Waals surface area contributed by atoms with Gasteiger partial charge in [0.1, 0.15) is 17.3 Å². The molecule has 3 rings (SSSR count). The summed E-state index contributed by atoms with van der Waals surface area (Å²) in [4.78, 5) is 12.4. The number of hydrogen-bond donors (Lipinski definition) is 2. The summed E-state index contributed by atoms with van der Waals surface area (Å²) in [5.74, 6) is 0.347. The van der Waals surface area contributed by atoms with Crippen LogP contribution in [0, 0.1) is 20.8 Å². The normalized spacial score (nSPS) is 11.1. The second kappa shape index (κ2) is 10.1. The zero-order valence-electron chi connectivity index (χ0n) is 18.1. The van der Waals surface area contributed by atoms with Crippen molar-refractivity contribution in [2.24, 2.45) is 0 Å². The molecule has 0 radical (unpaired) electrons. The predicted octanol–water partition coefficient (Wildman–Crippen LogP) is 4.87. The van der Waals surface area contributed by atoms with Crippen molar-refractivity contribution < 1.29 is 17.9 Å². The molecule has 168 valence electrons. The molecule has 3 aromatic rings. The van der Waals surface area contributed by atoms with Crippen LogP contribution < -0.4 is 14.8 Å². The van der Waals surface area contributed by atoms with Crippen molar-refractivity contribution >= 4 is 33.2 Å². The first-order chi connectivity index (χ1) is 15.2. The molecule has 0 saturated heterocycles. The van der Waals surface area contributed by atoms with Crippen LogP contribution in [0.2, 0.25) is 5.02 Å². The maximum Gasteiger partial charge on any atom is 0.263 e. The van der Waals surface area contributed by atoms with Gasteiger partial charge in [-0.3, -0.25) is 9.52 Å². The summed E-state index contributed by atoms with van der Waals surface area (Å²) in [5, 5.41) is 2.77. The van der Waals surface area contributed by atoms with Gasteiger partial charge in [-0.1, -0.05) is 41.9 Å². The third kappa shape index (κ3) is 5.81. The number of benzene rings is 3. The van der Waals surface area contributed by atoms with Crippen molar-refractivity contribution in [3.63, 3.8) is 0 Å². The third-order valence-electron chi connectivity index (χ3n) is 4.86. The molecule has 3 aromatic carbocycles. The number of para-hydroxylation sites is 1. The van der Waals surface area contributed by atoms with Crippen LogP contribution in [0.5, 0.6) is 5.75 Å². The highest BCUT2D eigenvalue weighted by Crippen LogP contribution is 2.26. The summed E-state index contributed by atoms with van der Waals surface area (Å²) >= 11 is 6.14. The van der Waals surface area contributed by atoms with Gasteiger partial charge in [-0.15, -0.1) is 0 Å². The van der Waals surface area contributed by atoms with E-state index < -0.39 is 15.9 Å². The number of rotatable bonds is 8. The number of halogens is 1. The molecule has 6 nitrogen and oxygen atoms in total. The first-order valence-electron chi connectivity index (χ1n) is 10.0. The van der Waals surface area contributed by atoms with Gasteiger partial charge in [0.05, 0.1) is 17.3 Å². The van der Waals surface area contributed by atoms with E-state index in [0.29, 0.717) is 5.69 Å². The van der Waals surface area contributed by atoms with Gasteiger partial charge in [0.2, 0.25) is 0 Å². The molecule has 0 aliphatic carbocycles. The molecule has 0 saturated carbocycles. The molecular weight excluding hydrogens is 448 g/mol. The fourth-order valence-electron chi connectivity index (χ4n) is 3.03. The molecule has 0 aliphatic heterocycles. The number of sulfonamides is 1. The maximum atomic E-state index is 12.9. The second-order valence-corrected chi connectivity index (χ2v) is 9.50. The third-order valence-corrected chi connectivity index (χ3v) is 6.71. The lowest BCUT2D eigenvalue weighted by molar-refractivity contribution is 0.0946. The molecule has 0 spiro atoms. The molecule has 0 heterocycles. The van der Waals surface area contributed by atoms with Gasteiger partial charge in [-0.25, -0.2) is 8.42 Å². The Bertz CT molecular complexity index is 1240. The molecule has 1 amide bonds. The number of hydrogen-bond acceptors (Lipinski definition) is 4. The first-order valence-corrected chi connectivity index (χ1v) is 11.9. The van der Waals surface area contributed by atoms with Crippen LogP contribution >= 0.6 is 11.6 Å². The Morgan fingerprint density at radius 2 is 1.72 bits per heavy atom. The van der Waals surface area contributed by atoms with E-state index in [2.05, 4.69) is 10.0 Å². The van der Waals surface area contributed by atoms with Crippen molar-refractivity contribution in [2.75, 3.05) is 17.9 Å². The molecule has 2 N–H and O–H groups in total. The van der Waals surface area contributed by atoms with Crippen LogP contribution in [0.3, 0.4) is 0 Å². The van der Waals surface area contributed by atoms with E-state index in [-0.39, 0.29) is 28.6 Å². The van der Waals surface area contributed by atoms with Crippen molar-refractivity contribution in [1.82, 2.24) is 5.32 Å². The SMILES string of the molecule is Cc1ccc(C)c(OCCNC(=O)c2ccc(Cl)c(S(=O)(=O)Nc3ccccc3C)c2)c1. The van der Waals surface area contributed by atoms with Crippen LogP contribution in [0.4, 0.5) is 5.69 Å². The number of carbonyl (C=O) groups excluding carboxylic acids is 1. The van der Waals surface area contributed by atoms with Gasteiger partial charge < -0.3 is 10.1 Å². The highest BCUT2D eigenvalue weighted by Gasteiger charge is 2.21. The number of amides is 1. The summed E-state index contributed by atoms with van der Waals surface area (Å²) < 4.78 is 34.0.